The topological polar surface area (TPSA) is 23.8 Å². The van der Waals surface area contributed by atoms with Crippen molar-refractivity contribution >= 4 is 0 Å². The van der Waals surface area contributed by atoms with E-state index in [1.165, 1.54) is 81.8 Å². The Labute approximate surface area is 148 Å². The minimum Gasteiger partial charge on any atom is -0.193 e. The van der Waals surface area contributed by atoms with Gasteiger partial charge in [-0.1, -0.05) is 56.5 Å². The first-order valence-electron chi connectivity index (χ1n) is 9.96. The van der Waals surface area contributed by atoms with Crippen LogP contribution in [0.1, 0.15) is 75.8 Å². The predicted molar refractivity (Wildman–Crippen MR) is 103 cm³/mol. The molecule has 0 atom stereocenters. The molecular formula is C23H33N. The molecule has 130 valence electrons. The van der Waals surface area contributed by atoms with Crippen molar-refractivity contribution in [1.82, 2.24) is 0 Å². The number of allylic oxidation sites excluding steroid dienone is 2. The lowest BCUT2D eigenvalue weighted by Crippen LogP contribution is -2.13. The molecule has 2 rings (SSSR count). The lowest BCUT2D eigenvalue weighted by Gasteiger charge is -2.26. The van der Waals surface area contributed by atoms with E-state index in [0.717, 1.165) is 5.92 Å². The third kappa shape index (κ3) is 6.91. The molecule has 0 bridgehead atoms. The molecule has 0 spiro atoms. The molecule has 1 aromatic carbocycles. The molecule has 1 fully saturated rings. The number of aryl methyl sites for hydroxylation is 2. The Kier molecular flexibility index (Phi) is 8.67. The monoisotopic (exact) mass is 323 g/mol. The Bertz CT molecular complexity index is 512. The maximum absolute atomic E-state index is 8.60. The molecule has 0 saturated heterocycles. The molecule has 1 heteroatoms. The maximum atomic E-state index is 8.60. The highest BCUT2D eigenvalue weighted by atomic mass is 14.3. The summed E-state index contributed by atoms with van der Waals surface area (Å²) in [5, 5.41) is 8.60. The minimum absolute atomic E-state index is 0.659. The first-order chi connectivity index (χ1) is 11.8. The maximum Gasteiger partial charge on any atom is 0.0908 e. The Balaban J connectivity index is 1.58. The van der Waals surface area contributed by atoms with Crippen molar-refractivity contribution in [3.63, 3.8) is 0 Å². The molecule has 1 nitrogen and oxygen atoms in total. The van der Waals surface area contributed by atoms with Crippen molar-refractivity contribution < 1.29 is 0 Å². The zero-order chi connectivity index (χ0) is 17.0. The average molecular weight is 324 g/mol. The van der Waals surface area contributed by atoms with Crippen LogP contribution in [0.5, 0.6) is 0 Å². The van der Waals surface area contributed by atoms with Crippen LogP contribution in [0.2, 0.25) is 0 Å². The van der Waals surface area contributed by atoms with E-state index < -0.39 is 0 Å². The number of nitriles is 1. The SMILES string of the molecule is CCCCc1ccc(CCCCC2CCC(C=CC#N)CC2)cc1. The minimum atomic E-state index is 0.659. The fourth-order valence-electron chi connectivity index (χ4n) is 3.86. The van der Waals surface area contributed by atoms with Crippen molar-refractivity contribution in [3.05, 3.63) is 47.5 Å². The molecule has 0 unspecified atom stereocenters. The Morgan fingerprint density at radius 3 is 2.17 bits per heavy atom. The second-order valence-electron chi connectivity index (χ2n) is 7.43. The van der Waals surface area contributed by atoms with Crippen molar-refractivity contribution in [1.29, 1.82) is 5.26 Å². The van der Waals surface area contributed by atoms with Gasteiger partial charge in [0.2, 0.25) is 0 Å². The normalized spacial score (nSPS) is 21.0. The van der Waals surface area contributed by atoms with Gasteiger partial charge in [0, 0.05) is 6.08 Å². The quantitative estimate of drug-likeness (QED) is 0.369. The summed E-state index contributed by atoms with van der Waals surface area (Å²) in [4.78, 5) is 0. The highest BCUT2D eigenvalue weighted by Crippen LogP contribution is 2.32. The standard InChI is InChI=1S/C23H33N/c1-2-3-7-20-11-13-21(14-12-20)8-4-5-9-22-15-17-23(18-16-22)10-6-19-24/h6,10-14,22-23H,2-5,7-9,15-18H2,1H3. The van der Waals surface area contributed by atoms with Gasteiger partial charge in [-0.3, -0.25) is 0 Å². The summed E-state index contributed by atoms with van der Waals surface area (Å²) in [5.41, 5.74) is 2.99. The molecule has 1 aliphatic carbocycles. The Morgan fingerprint density at radius 2 is 1.58 bits per heavy atom. The second-order valence-corrected chi connectivity index (χ2v) is 7.43. The van der Waals surface area contributed by atoms with Crippen LogP contribution in [0.4, 0.5) is 0 Å². The number of unbranched alkanes of at least 4 members (excludes halogenated alkanes) is 2. The highest BCUT2D eigenvalue weighted by Gasteiger charge is 2.18. The molecule has 24 heavy (non-hydrogen) atoms. The summed E-state index contributed by atoms with van der Waals surface area (Å²) in [6.45, 7) is 2.25. The van der Waals surface area contributed by atoms with Crippen LogP contribution in [0.25, 0.3) is 0 Å². The van der Waals surface area contributed by atoms with Crippen molar-refractivity contribution in [2.45, 2.75) is 77.6 Å². The lowest BCUT2D eigenvalue weighted by atomic mass is 9.79. The van der Waals surface area contributed by atoms with Crippen LogP contribution in [-0.2, 0) is 12.8 Å². The van der Waals surface area contributed by atoms with E-state index in [4.69, 9.17) is 5.26 Å². The molecule has 0 N–H and O–H groups in total. The van der Waals surface area contributed by atoms with Gasteiger partial charge >= 0.3 is 0 Å². The zero-order valence-electron chi connectivity index (χ0n) is 15.3. The summed E-state index contributed by atoms with van der Waals surface area (Å²) >= 11 is 0. The molecule has 0 aliphatic heterocycles. The van der Waals surface area contributed by atoms with E-state index >= 15 is 0 Å². The molecule has 0 heterocycles. The second kappa shape index (κ2) is 11.1. The van der Waals surface area contributed by atoms with E-state index in [9.17, 15) is 0 Å². The smallest absolute Gasteiger partial charge is 0.0908 e. The summed E-state index contributed by atoms with van der Waals surface area (Å²) in [5.74, 6) is 1.58. The van der Waals surface area contributed by atoms with Gasteiger partial charge in [-0.15, -0.1) is 0 Å². The Hall–Kier alpha value is -1.55. The van der Waals surface area contributed by atoms with Crippen LogP contribution in [0, 0.1) is 23.2 Å². The number of hydrogen-bond acceptors (Lipinski definition) is 1. The molecule has 0 amide bonds. The van der Waals surface area contributed by atoms with Gasteiger partial charge in [-0.05, 0) is 74.3 Å². The fraction of sp³-hybridized carbons (Fsp3) is 0.609. The van der Waals surface area contributed by atoms with Crippen LogP contribution in [-0.4, -0.2) is 0 Å². The predicted octanol–water partition coefficient (Wildman–Crippen LogP) is 6.63. The van der Waals surface area contributed by atoms with Gasteiger partial charge in [-0.2, -0.15) is 5.26 Å². The van der Waals surface area contributed by atoms with Crippen LogP contribution < -0.4 is 0 Å². The fourth-order valence-corrected chi connectivity index (χ4v) is 3.86. The number of benzene rings is 1. The van der Waals surface area contributed by atoms with E-state index in [0.29, 0.717) is 5.92 Å². The number of hydrogen-bond donors (Lipinski definition) is 0. The van der Waals surface area contributed by atoms with Crippen LogP contribution in [0.3, 0.4) is 0 Å². The third-order valence-electron chi connectivity index (χ3n) is 5.50. The third-order valence-corrected chi connectivity index (χ3v) is 5.50. The van der Waals surface area contributed by atoms with Crippen LogP contribution in [0.15, 0.2) is 36.4 Å². The number of rotatable bonds is 9. The van der Waals surface area contributed by atoms with Gasteiger partial charge < -0.3 is 0 Å². The van der Waals surface area contributed by atoms with Gasteiger partial charge in [0.05, 0.1) is 6.07 Å². The summed E-state index contributed by atoms with van der Waals surface area (Å²) in [6.07, 6.45) is 18.2. The number of nitrogens with zero attached hydrogens (tertiary/aromatic N) is 1. The molecule has 1 aliphatic rings. The van der Waals surface area contributed by atoms with Gasteiger partial charge in [0.25, 0.3) is 0 Å². The summed E-state index contributed by atoms with van der Waals surface area (Å²) < 4.78 is 0. The largest absolute Gasteiger partial charge is 0.193 e. The lowest BCUT2D eigenvalue weighted by molar-refractivity contribution is 0.289. The molecule has 1 aromatic rings. The van der Waals surface area contributed by atoms with Crippen molar-refractivity contribution in [3.8, 4) is 6.07 Å². The van der Waals surface area contributed by atoms with E-state index in [1.54, 1.807) is 6.08 Å². The molecular weight excluding hydrogens is 290 g/mol. The van der Waals surface area contributed by atoms with Crippen molar-refractivity contribution in [2.75, 3.05) is 0 Å². The van der Waals surface area contributed by atoms with E-state index in [1.807, 2.05) is 0 Å². The van der Waals surface area contributed by atoms with E-state index in [2.05, 4.69) is 43.3 Å². The van der Waals surface area contributed by atoms with Gasteiger partial charge in [-0.25, -0.2) is 0 Å². The van der Waals surface area contributed by atoms with Gasteiger partial charge in [0.1, 0.15) is 0 Å². The first kappa shape index (κ1) is 18.8. The zero-order valence-corrected chi connectivity index (χ0v) is 15.3. The van der Waals surface area contributed by atoms with Crippen molar-refractivity contribution in [2.24, 2.45) is 11.8 Å². The summed E-state index contributed by atoms with van der Waals surface area (Å²) in [7, 11) is 0. The first-order valence-corrected chi connectivity index (χ1v) is 9.96. The average Bonchev–Trinajstić information content (AvgIpc) is 2.64. The Morgan fingerprint density at radius 1 is 0.958 bits per heavy atom. The molecule has 0 aromatic heterocycles. The molecule has 1 saturated carbocycles. The van der Waals surface area contributed by atoms with Gasteiger partial charge in [0.15, 0.2) is 0 Å². The van der Waals surface area contributed by atoms with E-state index in [-0.39, 0.29) is 0 Å². The summed E-state index contributed by atoms with van der Waals surface area (Å²) in [6, 6.07) is 11.4. The highest BCUT2D eigenvalue weighted by molar-refractivity contribution is 5.22. The molecule has 0 radical (unpaired) electrons. The van der Waals surface area contributed by atoms with Crippen LogP contribution >= 0.6 is 0 Å².